The standard InChI is InChI=1S/C28H28F2N2O2/c29-25-13-11-22(19-26(25)30)20-31-28(34)32(27(33)14-12-21-7-3-1-4-8-21)17-15-24(16-18-32)23-9-5-2-6-10-23/h1-11,13,19,24H,12,14-18,20H2/p+1. The van der Waals surface area contributed by atoms with Gasteiger partial charge in [-0.25, -0.2) is 18.4 Å². The lowest BCUT2D eigenvalue weighted by molar-refractivity contribution is -0.781. The number of benzene rings is 3. The summed E-state index contributed by atoms with van der Waals surface area (Å²) in [5, 5.41) is 2.81. The fourth-order valence-corrected chi connectivity index (χ4v) is 4.72. The van der Waals surface area contributed by atoms with Gasteiger partial charge in [0.1, 0.15) is 0 Å². The van der Waals surface area contributed by atoms with Gasteiger partial charge in [-0.05, 0) is 41.2 Å². The van der Waals surface area contributed by atoms with Crippen molar-refractivity contribution in [1.29, 1.82) is 0 Å². The fourth-order valence-electron chi connectivity index (χ4n) is 4.72. The van der Waals surface area contributed by atoms with E-state index < -0.39 is 11.6 Å². The molecule has 3 amide bonds. The van der Waals surface area contributed by atoms with Crippen LogP contribution in [0.25, 0.3) is 0 Å². The van der Waals surface area contributed by atoms with Crippen LogP contribution in [-0.4, -0.2) is 29.5 Å². The molecular formula is C28H29F2N2O2+. The summed E-state index contributed by atoms with van der Waals surface area (Å²) in [6.07, 6.45) is 2.27. The van der Waals surface area contributed by atoms with E-state index in [4.69, 9.17) is 0 Å². The van der Waals surface area contributed by atoms with Crippen molar-refractivity contribution in [3.8, 4) is 0 Å². The molecule has 0 atom stereocenters. The lowest BCUT2D eigenvalue weighted by atomic mass is 9.88. The van der Waals surface area contributed by atoms with Crippen LogP contribution in [-0.2, 0) is 17.8 Å². The smallest absolute Gasteiger partial charge is 0.301 e. The number of imide groups is 1. The number of carbonyl (C=O) groups excluding carboxylic acids is 2. The molecule has 0 radical (unpaired) electrons. The lowest BCUT2D eigenvalue weighted by Gasteiger charge is -2.39. The van der Waals surface area contributed by atoms with Gasteiger partial charge < -0.3 is 5.32 Å². The molecule has 1 fully saturated rings. The van der Waals surface area contributed by atoms with Gasteiger partial charge in [0, 0.05) is 19.4 Å². The second-order valence-corrected chi connectivity index (χ2v) is 8.89. The number of nitrogens with zero attached hydrogens (tertiary/aromatic N) is 1. The number of urea groups is 1. The third-order valence-corrected chi connectivity index (χ3v) is 6.75. The minimum Gasteiger partial charge on any atom is -0.301 e. The van der Waals surface area contributed by atoms with E-state index in [9.17, 15) is 18.4 Å². The molecule has 0 unspecified atom stereocenters. The zero-order valence-electron chi connectivity index (χ0n) is 19.1. The summed E-state index contributed by atoms with van der Waals surface area (Å²) in [6.45, 7) is 0.859. The Bertz CT molecular complexity index is 1130. The lowest BCUT2D eigenvalue weighted by Crippen LogP contribution is -2.63. The number of aryl methyl sites for hydroxylation is 1. The van der Waals surface area contributed by atoms with Gasteiger partial charge in [-0.2, -0.15) is 4.48 Å². The van der Waals surface area contributed by atoms with Crippen molar-refractivity contribution in [3.05, 3.63) is 107 Å². The Morgan fingerprint density at radius 2 is 1.47 bits per heavy atom. The monoisotopic (exact) mass is 463 g/mol. The average Bonchev–Trinajstić information content (AvgIpc) is 2.89. The maximum absolute atomic E-state index is 13.6. The Kier molecular flexibility index (Phi) is 7.48. The van der Waals surface area contributed by atoms with Crippen LogP contribution >= 0.6 is 0 Å². The summed E-state index contributed by atoms with van der Waals surface area (Å²) in [6, 6.07) is 23.1. The molecule has 0 bridgehead atoms. The first-order valence-corrected chi connectivity index (χ1v) is 11.7. The molecule has 0 aliphatic carbocycles. The van der Waals surface area contributed by atoms with Crippen molar-refractivity contribution >= 4 is 11.9 Å². The number of hydrogen-bond donors (Lipinski definition) is 1. The fraction of sp³-hybridized carbons (Fsp3) is 0.286. The third-order valence-electron chi connectivity index (χ3n) is 6.75. The van der Waals surface area contributed by atoms with E-state index in [1.165, 1.54) is 11.6 Å². The van der Waals surface area contributed by atoms with E-state index >= 15 is 0 Å². The van der Waals surface area contributed by atoms with Crippen molar-refractivity contribution in [2.45, 2.75) is 38.1 Å². The van der Waals surface area contributed by atoms with Crippen LogP contribution in [0, 0.1) is 11.6 Å². The molecule has 0 spiro atoms. The van der Waals surface area contributed by atoms with E-state index in [2.05, 4.69) is 17.4 Å². The second kappa shape index (κ2) is 10.7. The summed E-state index contributed by atoms with van der Waals surface area (Å²) in [4.78, 5) is 26.9. The summed E-state index contributed by atoms with van der Waals surface area (Å²) < 4.78 is 26.6. The summed E-state index contributed by atoms with van der Waals surface area (Å²) in [7, 11) is 0. The Morgan fingerprint density at radius 3 is 2.12 bits per heavy atom. The second-order valence-electron chi connectivity index (χ2n) is 8.89. The van der Waals surface area contributed by atoms with E-state index in [-0.39, 0.29) is 29.4 Å². The number of rotatable bonds is 6. The first kappa shape index (κ1) is 23.8. The molecule has 4 nitrogen and oxygen atoms in total. The highest BCUT2D eigenvalue weighted by Gasteiger charge is 2.47. The molecule has 3 aromatic carbocycles. The van der Waals surface area contributed by atoms with Gasteiger partial charge >= 0.3 is 11.9 Å². The van der Waals surface area contributed by atoms with E-state index in [0.717, 1.165) is 30.5 Å². The van der Waals surface area contributed by atoms with Crippen LogP contribution in [0.3, 0.4) is 0 Å². The molecular weight excluding hydrogens is 434 g/mol. The number of likely N-dealkylation sites (tertiary alicyclic amines) is 1. The Labute approximate surface area is 198 Å². The van der Waals surface area contributed by atoms with Gasteiger partial charge in [0.15, 0.2) is 11.6 Å². The molecule has 1 heterocycles. The van der Waals surface area contributed by atoms with Crippen LogP contribution in [0.4, 0.5) is 13.6 Å². The normalized spacial score (nSPS) is 20.0. The van der Waals surface area contributed by atoms with E-state index in [1.807, 2.05) is 48.5 Å². The highest BCUT2D eigenvalue weighted by Crippen LogP contribution is 2.33. The first-order chi connectivity index (χ1) is 16.5. The molecule has 1 N–H and O–H groups in total. The number of carbonyl (C=O) groups is 2. The number of piperidine rings is 1. The van der Waals surface area contributed by atoms with E-state index in [1.54, 1.807) is 0 Å². The van der Waals surface area contributed by atoms with Gasteiger partial charge in [0.2, 0.25) is 0 Å². The molecule has 34 heavy (non-hydrogen) atoms. The summed E-state index contributed by atoms with van der Waals surface area (Å²) >= 11 is 0. The number of amides is 3. The Hall–Kier alpha value is -3.38. The molecule has 6 heteroatoms. The van der Waals surface area contributed by atoms with Crippen LogP contribution in [0.2, 0.25) is 0 Å². The van der Waals surface area contributed by atoms with Crippen molar-refractivity contribution in [2.75, 3.05) is 13.1 Å². The highest BCUT2D eigenvalue weighted by molar-refractivity contribution is 5.84. The zero-order valence-corrected chi connectivity index (χ0v) is 19.1. The number of hydrogen-bond acceptors (Lipinski definition) is 2. The van der Waals surface area contributed by atoms with Crippen LogP contribution < -0.4 is 5.32 Å². The van der Waals surface area contributed by atoms with Crippen LogP contribution in [0.15, 0.2) is 78.9 Å². The topological polar surface area (TPSA) is 46.2 Å². The van der Waals surface area contributed by atoms with Gasteiger partial charge in [-0.1, -0.05) is 66.7 Å². The Balaban J connectivity index is 1.49. The maximum atomic E-state index is 13.6. The SMILES string of the molecule is O=C(CCc1ccccc1)[N+]1(C(=O)NCc2ccc(F)c(F)c2)CCC(c2ccccc2)CC1. The van der Waals surface area contributed by atoms with E-state index in [0.29, 0.717) is 31.0 Å². The van der Waals surface area contributed by atoms with Crippen LogP contribution in [0.5, 0.6) is 0 Å². The molecule has 3 aromatic rings. The zero-order chi connectivity index (χ0) is 24.0. The Morgan fingerprint density at radius 1 is 0.824 bits per heavy atom. The van der Waals surface area contributed by atoms with Crippen LogP contribution in [0.1, 0.15) is 41.9 Å². The molecule has 1 aliphatic heterocycles. The molecule has 1 aliphatic rings. The molecule has 4 rings (SSSR count). The predicted octanol–water partition coefficient (Wildman–Crippen LogP) is 5.73. The van der Waals surface area contributed by atoms with Crippen molar-refractivity contribution in [3.63, 3.8) is 0 Å². The summed E-state index contributed by atoms with van der Waals surface area (Å²) in [5.74, 6) is -1.71. The number of nitrogens with one attached hydrogen (secondary N) is 1. The minimum absolute atomic E-state index is 0.0319. The van der Waals surface area contributed by atoms with Gasteiger partial charge in [-0.3, -0.25) is 0 Å². The third kappa shape index (κ3) is 5.39. The molecule has 0 saturated carbocycles. The largest absolute Gasteiger partial charge is 0.424 e. The van der Waals surface area contributed by atoms with Gasteiger partial charge in [0.05, 0.1) is 19.5 Å². The maximum Gasteiger partial charge on any atom is 0.424 e. The summed E-state index contributed by atoms with van der Waals surface area (Å²) in [5.41, 5.74) is 2.72. The van der Waals surface area contributed by atoms with Gasteiger partial charge in [0.25, 0.3) is 0 Å². The molecule has 1 saturated heterocycles. The number of halogens is 2. The predicted molar refractivity (Wildman–Crippen MR) is 127 cm³/mol. The molecule has 0 aromatic heterocycles. The average molecular weight is 464 g/mol. The van der Waals surface area contributed by atoms with Gasteiger partial charge in [-0.15, -0.1) is 0 Å². The van der Waals surface area contributed by atoms with Crippen molar-refractivity contribution < 1.29 is 22.9 Å². The highest BCUT2D eigenvalue weighted by atomic mass is 19.2. The molecule has 176 valence electrons. The van der Waals surface area contributed by atoms with Crippen molar-refractivity contribution in [2.24, 2.45) is 0 Å². The quantitative estimate of drug-likeness (QED) is 0.475. The number of quaternary nitrogens is 1. The minimum atomic E-state index is -0.960. The van der Waals surface area contributed by atoms with Crippen molar-refractivity contribution in [1.82, 2.24) is 5.32 Å². The first-order valence-electron chi connectivity index (χ1n) is 11.7.